The Balaban J connectivity index is 2.54. The molecule has 1 rings (SSSR count). The van der Waals surface area contributed by atoms with E-state index in [-0.39, 0.29) is 6.09 Å². The second-order valence-corrected chi connectivity index (χ2v) is 6.74. The van der Waals surface area contributed by atoms with Crippen LogP contribution < -0.4 is 0 Å². The van der Waals surface area contributed by atoms with Gasteiger partial charge in [-0.3, -0.25) is 0 Å². The van der Waals surface area contributed by atoms with Gasteiger partial charge >= 0.3 is 6.09 Å². The molecular weight excluding hydrogens is 294 g/mol. The summed E-state index contributed by atoms with van der Waals surface area (Å²) < 4.78 is 5.47. The van der Waals surface area contributed by atoms with Crippen LogP contribution in [0.1, 0.15) is 53.4 Å². The minimum Gasteiger partial charge on any atom is -0.444 e. The van der Waals surface area contributed by atoms with E-state index >= 15 is 0 Å². The third-order valence-electron chi connectivity index (χ3n) is 3.44. The van der Waals surface area contributed by atoms with E-state index in [1.807, 2.05) is 32.6 Å². The molecule has 0 atom stereocenters. The lowest BCUT2D eigenvalue weighted by atomic mass is 9.86. The van der Waals surface area contributed by atoms with Crippen LogP contribution in [0.4, 0.5) is 4.79 Å². The van der Waals surface area contributed by atoms with Crippen LogP contribution in [0.25, 0.3) is 0 Å². The van der Waals surface area contributed by atoms with E-state index in [0.29, 0.717) is 6.04 Å². The summed E-state index contributed by atoms with van der Waals surface area (Å²) >= 11 is 3.55. The van der Waals surface area contributed by atoms with Gasteiger partial charge in [0, 0.05) is 17.9 Å². The summed E-state index contributed by atoms with van der Waals surface area (Å²) in [6, 6.07) is 0.361. The van der Waals surface area contributed by atoms with Crippen LogP contribution in [0, 0.1) is 5.92 Å². The van der Waals surface area contributed by atoms with Crippen molar-refractivity contribution in [1.29, 1.82) is 0 Å². The second kappa shape index (κ2) is 6.78. The van der Waals surface area contributed by atoms with Crippen molar-refractivity contribution in [3.63, 3.8) is 0 Å². The normalized spacial score (nSPS) is 24.7. The lowest BCUT2D eigenvalue weighted by molar-refractivity contribution is 0.0122. The molecule has 18 heavy (non-hydrogen) atoms. The number of hydrogen-bond donors (Lipinski definition) is 0. The van der Waals surface area contributed by atoms with Crippen molar-refractivity contribution in [2.24, 2.45) is 5.92 Å². The van der Waals surface area contributed by atoms with Crippen LogP contribution in [0.3, 0.4) is 0 Å². The minimum absolute atomic E-state index is 0.160. The van der Waals surface area contributed by atoms with Gasteiger partial charge in [0.25, 0.3) is 0 Å². The van der Waals surface area contributed by atoms with Crippen LogP contribution in [-0.4, -0.2) is 34.5 Å². The van der Waals surface area contributed by atoms with Crippen LogP contribution in [0.15, 0.2) is 0 Å². The smallest absolute Gasteiger partial charge is 0.410 e. The van der Waals surface area contributed by atoms with Crippen molar-refractivity contribution in [2.45, 2.75) is 65.0 Å². The van der Waals surface area contributed by atoms with Crippen molar-refractivity contribution in [1.82, 2.24) is 4.90 Å². The van der Waals surface area contributed by atoms with E-state index in [9.17, 15) is 4.79 Å². The third-order valence-corrected chi connectivity index (χ3v) is 4.36. The molecule has 0 saturated heterocycles. The Morgan fingerprint density at radius 2 is 1.83 bits per heavy atom. The molecule has 0 radical (unpaired) electrons. The number of hydrogen-bond acceptors (Lipinski definition) is 2. The van der Waals surface area contributed by atoms with Crippen LogP contribution in [-0.2, 0) is 4.74 Å². The number of rotatable bonds is 3. The topological polar surface area (TPSA) is 29.5 Å². The van der Waals surface area contributed by atoms with Gasteiger partial charge in [-0.2, -0.15) is 0 Å². The van der Waals surface area contributed by atoms with Crippen LogP contribution in [0.5, 0.6) is 0 Å². The maximum atomic E-state index is 12.1. The first-order valence-corrected chi connectivity index (χ1v) is 8.05. The molecule has 1 saturated carbocycles. The summed E-state index contributed by atoms with van der Waals surface area (Å²) in [6.45, 7) is 8.51. The molecule has 0 bridgehead atoms. The van der Waals surface area contributed by atoms with Crippen molar-refractivity contribution >= 4 is 22.0 Å². The Kier molecular flexibility index (Phi) is 5.96. The Labute approximate surface area is 119 Å². The van der Waals surface area contributed by atoms with E-state index in [4.69, 9.17) is 4.74 Å². The highest BCUT2D eigenvalue weighted by Gasteiger charge is 2.30. The van der Waals surface area contributed by atoms with E-state index in [0.717, 1.165) is 30.6 Å². The lowest BCUT2D eigenvalue weighted by Gasteiger charge is -2.36. The molecule has 0 aliphatic heterocycles. The Bertz CT molecular complexity index is 267. The van der Waals surface area contributed by atoms with Gasteiger partial charge in [-0.25, -0.2) is 4.79 Å². The summed E-state index contributed by atoms with van der Waals surface area (Å²) in [4.78, 5) is 14.0. The van der Waals surface area contributed by atoms with Crippen molar-refractivity contribution < 1.29 is 9.53 Å². The number of amides is 1. The number of carbonyl (C=O) groups is 1. The van der Waals surface area contributed by atoms with Crippen molar-refractivity contribution in [2.75, 3.05) is 11.9 Å². The quantitative estimate of drug-likeness (QED) is 0.730. The number of ether oxygens (including phenoxy) is 1. The standard InChI is InChI=1S/C14H26BrNO2/c1-5-16(13(17)18-14(2,3)4)12-8-6-11(10-15)7-9-12/h11-12H,5-10H2,1-4H3. The predicted octanol–water partition coefficient (Wildman–Crippen LogP) is 4.20. The molecule has 0 aromatic rings. The first-order chi connectivity index (χ1) is 8.37. The molecule has 0 N–H and O–H groups in total. The zero-order chi connectivity index (χ0) is 13.8. The molecule has 0 aromatic heterocycles. The summed E-state index contributed by atoms with van der Waals surface area (Å²) in [7, 11) is 0. The first-order valence-electron chi connectivity index (χ1n) is 6.93. The molecule has 1 aliphatic rings. The second-order valence-electron chi connectivity index (χ2n) is 6.10. The Hall–Kier alpha value is -0.250. The SMILES string of the molecule is CCN(C(=O)OC(C)(C)C)C1CCC(CBr)CC1. The van der Waals surface area contributed by atoms with E-state index < -0.39 is 5.60 Å². The molecule has 0 heterocycles. The molecule has 4 heteroatoms. The van der Waals surface area contributed by atoms with Gasteiger partial charge in [0.2, 0.25) is 0 Å². The fraction of sp³-hybridized carbons (Fsp3) is 0.929. The van der Waals surface area contributed by atoms with Gasteiger partial charge in [0.05, 0.1) is 0 Å². The summed E-state index contributed by atoms with van der Waals surface area (Å²) in [5.74, 6) is 0.776. The molecule has 0 aromatic carbocycles. The fourth-order valence-electron chi connectivity index (χ4n) is 2.47. The van der Waals surface area contributed by atoms with E-state index in [1.165, 1.54) is 12.8 Å². The molecule has 0 unspecified atom stereocenters. The molecule has 3 nitrogen and oxygen atoms in total. The maximum absolute atomic E-state index is 12.1. The van der Waals surface area contributed by atoms with Gasteiger partial charge in [0.1, 0.15) is 5.60 Å². The average Bonchev–Trinajstić information content (AvgIpc) is 2.28. The van der Waals surface area contributed by atoms with Gasteiger partial charge in [-0.1, -0.05) is 15.9 Å². The molecular formula is C14H26BrNO2. The van der Waals surface area contributed by atoms with Gasteiger partial charge in [0.15, 0.2) is 0 Å². The predicted molar refractivity (Wildman–Crippen MR) is 78.2 cm³/mol. The van der Waals surface area contributed by atoms with Crippen LogP contribution in [0.2, 0.25) is 0 Å². The summed E-state index contributed by atoms with van der Waals surface area (Å²) in [5, 5.41) is 1.08. The molecule has 0 spiro atoms. The number of halogens is 1. The monoisotopic (exact) mass is 319 g/mol. The number of carbonyl (C=O) groups excluding carboxylic acids is 1. The molecule has 1 amide bonds. The molecule has 1 aliphatic carbocycles. The van der Waals surface area contributed by atoms with Gasteiger partial charge in [-0.15, -0.1) is 0 Å². The highest BCUT2D eigenvalue weighted by atomic mass is 79.9. The average molecular weight is 320 g/mol. The van der Waals surface area contributed by atoms with Crippen LogP contribution >= 0.6 is 15.9 Å². The van der Waals surface area contributed by atoms with E-state index in [2.05, 4.69) is 15.9 Å². The summed E-state index contributed by atoms with van der Waals surface area (Å²) in [6.07, 6.45) is 4.45. The number of nitrogens with zero attached hydrogens (tertiary/aromatic N) is 1. The highest BCUT2D eigenvalue weighted by molar-refractivity contribution is 9.09. The zero-order valence-electron chi connectivity index (χ0n) is 12.0. The van der Waals surface area contributed by atoms with Gasteiger partial charge in [-0.05, 0) is 59.3 Å². The molecule has 1 fully saturated rings. The third kappa shape index (κ3) is 4.79. The van der Waals surface area contributed by atoms with Gasteiger partial charge < -0.3 is 9.64 Å². The Morgan fingerprint density at radius 3 is 2.22 bits per heavy atom. The first kappa shape index (κ1) is 15.8. The number of alkyl halides is 1. The largest absolute Gasteiger partial charge is 0.444 e. The van der Waals surface area contributed by atoms with Crippen molar-refractivity contribution in [3.8, 4) is 0 Å². The lowest BCUT2D eigenvalue weighted by Crippen LogP contribution is -2.44. The summed E-state index contributed by atoms with van der Waals surface area (Å²) in [5.41, 5.74) is -0.405. The minimum atomic E-state index is -0.405. The highest BCUT2D eigenvalue weighted by Crippen LogP contribution is 2.29. The van der Waals surface area contributed by atoms with E-state index in [1.54, 1.807) is 0 Å². The maximum Gasteiger partial charge on any atom is 0.410 e. The Morgan fingerprint density at radius 1 is 1.28 bits per heavy atom. The van der Waals surface area contributed by atoms with Crippen molar-refractivity contribution in [3.05, 3.63) is 0 Å². The fourth-order valence-corrected chi connectivity index (χ4v) is 3.12. The molecule has 106 valence electrons. The zero-order valence-corrected chi connectivity index (χ0v) is 13.6.